The molecule has 3 heteroatoms. The molecule has 0 fully saturated rings. The molecule has 0 spiro atoms. The summed E-state index contributed by atoms with van der Waals surface area (Å²) < 4.78 is 1.06. The Labute approximate surface area is 123 Å². The number of pyridine rings is 1. The molecular formula is C16H19BrN2. The number of nitrogens with zero attached hydrogens (tertiary/aromatic N) is 1. The summed E-state index contributed by atoms with van der Waals surface area (Å²) in [4.78, 5) is 4.35. The van der Waals surface area contributed by atoms with Gasteiger partial charge in [-0.05, 0) is 52.4 Å². The van der Waals surface area contributed by atoms with Crippen molar-refractivity contribution in [3.8, 4) is 0 Å². The number of hydrogen-bond donors (Lipinski definition) is 1. The monoisotopic (exact) mass is 318 g/mol. The van der Waals surface area contributed by atoms with Gasteiger partial charge in [0.25, 0.3) is 0 Å². The Morgan fingerprint density at radius 1 is 1.21 bits per heavy atom. The first kappa shape index (κ1) is 14.1. The third kappa shape index (κ3) is 3.80. The van der Waals surface area contributed by atoms with Crippen molar-refractivity contribution in [2.45, 2.75) is 26.2 Å². The summed E-state index contributed by atoms with van der Waals surface area (Å²) in [5.41, 5.74) is 2.59. The van der Waals surface area contributed by atoms with Crippen molar-refractivity contribution in [1.29, 1.82) is 0 Å². The lowest BCUT2D eigenvalue weighted by atomic mass is 9.98. The van der Waals surface area contributed by atoms with Gasteiger partial charge in [-0.2, -0.15) is 0 Å². The molecule has 0 saturated carbocycles. The van der Waals surface area contributed by atoms with Crippen LogP contribution in [0.2, 0.25) is 0 Å². The molecule has 19 heavy (non-hydrogen) atoms. The number of rotatable bonds is 5. The second-order valence-electron chi connectivity index (χ2n) is 4.82. The minimum Gasteiger partial charge on any atom is -0.369 e. The Morgan fingerprint density at radius 3 is 2.68 bits per heavy atom. The van der Waals surface area contributed by atoms with Crippen LogP contribution in [0, 0.1) is 6.92 Å². The van der Waals surface area contributed by atoms with Crippen molar-refractivity contribution in [1.82, 2.24) is 4.98 Å². The molecule has 0 aliphatic carbocycles. The highest BCUT2D eigenvalue weighted by Crippen LogP contribution is 2.24. The average Bonchev–Trinajstić information content (AvgIpc) is 2.44. The minimum atomic E-state index is 0.553. The maximum absolute atomic E-state index is 4.35. The topological polar surface area (TPSA) is 24.9 Å². The molecule has 1 atom stereocenters. The van der Waals surface area contributed by atoms with Crippen LogP contribution in [0.15, 0.2) is 47.1 Å². The number of nitrogens with one attached hydrogen (secondary N) is 1. The van der Waals surface area contributed by atoms with Crippen molar-refractivity contribution in [2.75, 3.05) is 11.9 Å². The van der Waals surface area contributed by atoms with Gasteiger partial charge in [0, 0.05) is 12.7 Å². The van der Waals surface area contributed by atoms with Gasteiger partial charge in [-0.15, -0.1) is 0 Å². The van der Waals surface area contributed by atoms with Crippen LogP contribution in [-0.2, 0) is 0 Å². The van der Waals surface area contributed by atoms with Gasteiger partial charge in [-0.25, -0.2) is 4.98 Å². The summed E-state index contributed by atoms with van der Waals surface area (Å²) in [6, 6.07) is 12.6. The minimum absolute atomic E-state index is 0.553. The van der Waals surface area contributed by atoms with E-state index >= 15 is 0 Å². The second kappa shape index (κ2) is 6.71. The quantitative estimate of drug-likeness (QED) is 0.859. The molecule has 1 aromatic heterocycles. The Morgan fingerprint density at radius 2 is 1.95 bits per heavy atom. The van der Waals surface area contributed by atoms with E-state index in [1.807, 2.05) is 12.3 Å². The fourth-order valence-electron chi connectivity index (χ4n) is 2.02. The maximum atomic E-state index is 4.35. The first-order valence-electron chi connectivity index (χ1n) is 6.58. The van der Waals surface area contributed by atoms with E-state index in [1.165, 1.54) is 11.1 Å². The van der Waals surface area contributed by atoms with E-state index in [4.69, 9.17) is 0 Å². The summed E-state index contributed by atoms with van der Waals surface area (Å²) in [6.45, 7) is 5.25. The molecule has 0 bridgehead atoms. The van der Waals surface area contributed by atoms with E-state index in [1.54, 1.807) is 0 Å². The summed E-state index contributed by atoms with van der Waals surface area (Å²) in [5, 5.41) is 3.40. The smallest absolute Gasteiger partial charge is 0.140 e. The van der Waals surface area contributed by atoms with E-state index < -0.39 is 0 Å². The van der Waals surface area contributed by atoms with Crippen molar-refractivity contribution in [3.05, 3.63) is 58.2 Å². The Hall–Kier alpha value is -1.35. The highest BCUT2D eigenvalue weighted by atomic mass is 79.9. The van der Waals surface area contributed by atoms with Crippen molar-refractivity contribution >= 4 is 21.7 Å². The Bertz CT molecular complexity index is 526. The molecule has 1 N–H and O–H groups in total. The van der Waals surface area contributed by atoms with E-state index in [0.29, 0.717) is 5.92 Å². The van der Waals surface area contributed by atoms with Gasteiger partial charge in [-0.3, -0.25) is 0 Å². The molecule has 2 rings (SSSR count). The lowest BCUT2D eigenvalue weighted by Gasteiger charge is -2.13. The predicted molar refractivity (Wildman–Crippen MR) is 84.6 cm³/mol. The van der Waals surface area contributed by atoms with Gasteiger partial charge >= 0.3 is 0 Å². The third-order valence-electron chi connectivity index (χ3n) is 3.32. The molecule has 0 radical (unpaired) electrons. The molecule has 0 amide bonds. The van der Waals surface area contributed by atoms with Gasteiger partial charge in [0.2, 0.25) is 0 Å². The largest absolute Gasteiger partial charge is 0.369 e. The van der Waals surface area contributed by atoms with Crippen molar-refractivity contribution in [2.24, 2.45) is 0 Å². The highest BCUT2D eigenvalue weighted by molar-refractivity contribution is 9.10. The molecule has 0 aliphatic heterocycles. The fourth-order valence-corrected chi connectivity index (χ4v) is 2.39. The highest BCUT2D eigenvalue weighted by Gasteiger charge is 2.06. The zero-order valence-corrected chi connectivity index (χ0v) is 12.9. The third-order valence-corrected chi connectivity index (χ3v) is 4.32. The summed E-state index contributed by atoms with van der Waals surface area (Å²) in [7, 11) is 0. The number of anilines is 1. The first-order valence-corrected chi connectivity index (χ1v) is 7.37. The van der Waals surface area contributed by atoms with Gasteiger partial charge in [0.05, 0.1) is 4.47 Å². The van der Waals surface area contributed by atoms with Crippen LogP contribution in [0.25, 0.3) is 0 Å². The van der Waals surface area contributed by atoms with Crippen LogP contribution < -0.4 is 5.32 Å². The molecule has 0 saturated heterocycles. The SMILES string of the molecule is Cc1ccnc(NCCC(C)c2ccccc2)c1Br. The van der Waals surface area contributed by atoms with E-state index in [9.17, 15) is 0 Å². The lowest BCUT2D eigenvalue weighted by Crippen LogP contribution is -2.07. The summed E-state index contributed by atoms with van der Waals surface area (Å²) >= 11 is 3.57. The lowest BCUT2D eigenvalue weighted by molar-refractivity contribution is 0.704. The molecule has 2 nitrogen and oxygen atoms in total. The number of benzene rings is 1. The van der Waals surface area contributed by atoms with E-state index in [0.717, 1.165) is 23.3 Å². The van der Waals surface area contributed by atoms with Gasteiger partial charge < -0.3 is 5.32 Å². The zero-order valence-electron chi connectivity index (χ0n) is 11.4. The molecular weight excluding hydrogens is 300 g/mol. The Balaban J connectivity index is 1.88. The predicted octanol–water partition coefficient (Wildman–Crippen LogP) is 4.76. The molecule has 0 aliphatic rings. The fraction of sp³-hybridized carbons (Fsp3) is 0.312. The Kier molecular flexibility index (Phi) is 4.97. The number of aryl methyl sites for hydroxylation is 1. The van der Waals surface area contributed by atoms with E-state index in [-0.39, 0.29) is 0 Å². The number of halogens is 1. The normalized spacial score (nSPS) is 12.2. The first-order chi connectivity index (χ1) is 9.18. The van der Waals surface area contributed by atoms with Crippen LogP contribution in [0.5, 0.6) is 0 Å². The molecule has 2 aromatic rings. The summed E-state index contributed by atoms with van der Waals surface area (Å²) in [5.74, 6) is 1.48. The zero-order chi connectivity index (χ0) is 13.7. The molecule has 1 heterocycles. The van der Waals surface area contributed by atoms with E-state index in [2.05, 4.69) is 70.4 Å². The van der Waals surface area contributed by atoms with Crippen LogP contribution in [-0.4, -0.2) is 11.5 Å². The van der Waals surface area contributed by atoms with Crippen LogP contribution in [0.1, 0.15) is 30.4 Å². The maximum Gasteiger partial charge on any atom is 0.140 e. The van der Waals surface area contributed by atoms with Crippen molar-refractivity contribution in [3.63, 3.8) is 0 Å². The standard InChI is InChI=1S/C16H19BrN2/c1-12(14-6-4-3-5-7-14)8-10-18-16-15(17)13(2)9-11-19-16/h3-7,9,11-12H,8,10H2,1-2H3,(H,18,19). The van der Waals surface area contributed by atoms with Crippen molar-refractivity contribution < 1.29 is 0 Å². The number of aromatic nitrogens is 1. The second-order valence-corrected chi connectivity index (χ2v) is 5.61. The average molecular weight is 319 g/mol. The van der Waals surface area contributed by atoms with Gasteiger partial charge in [0.15, 0.2) is 0 Å². The van der Waals surface area contributed by atoms with Gasteiger partial charge in [0.1, 0.15) is 5.82 Å². The molecule has 100 valence electrons. The van der Waals surface area contributed by atoms with Crippen LogP contribution in [0.3, 0.4) is 0 Å². The van der Waals surface area contributed by atoms with Crippen LogP contribution >= 0.6 is 15.9 Å². The van der Waals surface area contributed by atoms with Crippen LogP contribution in [0.4, 0.5) is 5.82 Å². The number of hydrogen-bond acceptors (Lipinski definition) is 2. The molecule has 1 unspecified atom stereocenters. The summed E-state index contributed by atoms with van der Waals surface area (Å²) in [6.07, 6.45) is 2.93. The molecule has 1 aromatic carbocycles. The van der Waals surface area contributed by atoms with Gasteiger partial charge in [-0.1, -0.05) is 37.3 Å².